The Morgan fingerprint density at radius 1 is 1.43 bits per heavy atom. The molecule has 5 nitrogen and oxygen atoms in total. The summed E-state index contributed by atoms with van der Waals surface area (Å²) in [6.07, 6.45) is 4.76. The maximum absolute atomic E-state index is 10.5. The molecule has 0 amide bonds. The van der Waals surface area contributed by atoms with E-state index in [1.807, 2.05) is 0 Å². The summed E-state index contributed by atoms with van der Waals surface area (Å²) in [7, 11) is 0. The quantitative estimate of drug-likeness (QED) is 0.548. The predicted octanol–water partition coefficient (Wildman–Crippen LogP) is -0.0510. The minimum atomic E-state index is -1.09. The molecular weight excluding hydrogens is 210 g/mol. The van der Waals surface area contributed by atoms with Gasteiger partial charge in [0.05, 0.1) is 6.54 Å². The molecule has 0 aromatic heterocycles. The minimum Gasteiger partial charge on any atom is -0.481 e. The summed E-state index contributed by atoms with van der Waals surface area (Å²) >= 11 is 0. The van der Waals surface area contributed by atoms with Gasteiger partial charge in [0.15, 0.2) is 0 Å². The number of carboxylic acids is 2. The molecule has 1 atom stereocenters. The van der Waals surface area contributed by atoms with E-state index < -0.39 is 18.0 Å². The van der Waals surface area contributed by atoms with Crippen molar-refractivity contribution in [1.29, 1.82) is 0 Å². The number of hydrogen-bond acceptors (Lipinski definition) is 3. The van der Waals surface area contributed by atoms with Gasteiger partial charge in [-0.3, -0.25) is 14.9 Å². The molecule has 14 heavy (non-hydrogen) atoms. The monoisotopic (exact) mass is 221 g/mol. The summed E-state index contributed by atoms with van der Waals surface area (Å²) in [4.78, 5) is 20.6. The molecule has 0 unspecified atom stereocenters. The van der Waals surface area contributed by atoms with E-state index in [1.54, 1.807) is 0 Å². The number of carbonyl (C=O) groups is 2. The molecule has 0 saturated heterocycles. The topological polar surface area (TPSA) is 86.6 Å². The molecule has 0 bridgehead atoms. The number of terminal acetylenes is 1. The molecule has 0 saturated carbocycles. The summed E-state index contributed by atoms with van der Waals surface area (Å²) in [6.45, 7) is 0.122. The van der Waals surface area contributed by atoms with Crippen LogP contribution in [-0.2, 0) is 9.59 Å². The molecule has 0 aliphatic rings. The van der Waals surface area contributed by atoms with Crippen LogP contribution in [0.5, 0.6) is 0 Å². The summed E-state index contributed by atoms with van der Waals surface area (Å²) in [6, 6.07) is -0.882. The summed E-state index contributed by atoms with van der Waals surface area (Å²) in [5, 5.41) is 19.4. The fourth-order valence-corrected chi connectivity index (χ4v) is 0.763. The third-order valence-corrected chi connectivity index (χ3v) is 1.40. The van der Waals surface area contributed by atoms with E-state index in [0.29, 0.717) is 0 Å². The third kappa shape index (κ3) is 7.40. The Hall–Kier alpha value is -1.25. The number of hydrogen-bond donors (Lipinski definition) is 3. The SMILES string of the molecule is C#CCN[C@@H](CCC(=O)O)C(=O)O.Cl. The highest BCUT2D eigenvalue weighted by Gasteiger charge is 2.16. The summed E-state index contributed by atoms with van der Waals surface area (Å²) < 4.78 is 0. The minimum absolute atomic E-state index is 0. The standard InChI is InChI=1S/C8H11NO4.ClH/c1-2-5-9-6(8(12)13)3-4-7(10)11;/h1,6,9H,3-5H2,(H,10,11)(H,12,13);1H/t6-;/m0./s1. The Morgan fingerprint density at radius 2 is 2.00 bits per heavy atom. The van der Waals surface area contributed by atoms with Crippen molar-refractivity contribution < 1.29 is 19.8 Å². The average Bonchev–Trinajstić information content (AvgIpc) is 2.03. The molecule has 0 spiro atoms. The van der Waals surface area contributed by atoms with Gasteiger partial charge in [0.25, 0.3) is 0 Å². The molecule has 6 heteroatoms. The Bertz CT molecular complexity index is 236. The van der Waals surface area contributed by atoms with Crippen LogP contribution in [0.3, 0.4) is 0 Å². The van der Waals surface area contributed by atoms with Crippen LogP contribution in [0.1, 0.15) is 12.8 Å². The summed E-state index contributed by atoms with van der Waals surface area (Å²) in [5.74, 6) is 0.113. The maximum atomic E-state index is 10.5. The van der Waals surface area contributed by atoms with Crippen LogP contribution < -0.4 is 5.32 Å². The van der Waals surface area contributed by atoms with E-state index in [9.17, 15) is 9.59 Å². The highest BCUT2D eigenvalue weighted by Crippen LogP contribution is 1.97. The second-order valence-electron chi connectivity index (χ2n) is 2.41. The number of carboxylic acid groups (broad SMARTS) is 2. The molecule has 0 aromatic carbocycles. The van der Waals surface area contributed by atoms with E-state index in [2.05, 4.69) is 11.2 Å². The van der Waals surface area contributed by atoms with Crippen molar-refractivity contribution in [3.63, 3.8) is 0 Å². The molecule has 80 valence electrons. The molecule has 0 aliphatic heterocycles. The Labute approximate surface area is 87.9 Å². The predicted molar refractivity (Wildman–Crippen MR) is 52.4 cm³/mol. The maximum Gasteiger partial charge on any atom is 0.320 e. The van der Waals surface area contributed by atoms with E-state index in [-0.39, 0.29) is 31.8 Å². The van der Waals surface area contributed by atoms with Crippen molar-refractivity contribution in [2.75, 3.05) is 6.54 Å². The fraction of sp³-hybridized carbons (Fsp3) is 0.500. The molecular formula is C8H12ClNO4. The zero-order chi connectivity index (χ0) is 10.3. The molecule has 0 aromatic rings. The second kappa shape index (κ2) is 8.35. The van der Waals surface area contributed by atoms with Crippen molar-refractivity contribution in [1.82, 2.24) is 5.32 Å². The van der Waals surface area contributed by atoms with E-state index >= 15 is 0 Å². The fourth-order valence-electron chi connectivity index (χ4n) is 0.763. The molecule has 3 N–H and O–H groups in total. The van der Waals surface area contributed by atoms with E-state index in [4.69, 9.17) is 16.6 Å². The van der Waals surface area contributed by atoms with Crippen LogP contribution in [0.15, 0.2) is 0 Å². The first-order chi connectivity index (χ1) is 6.07. The van der Waals surface area contributed by atoms with E-state index in [1.165, 1.54) is 0 Å². The van der Waals surface area contributed by atoms with E-state index in [0.717, 1.165) is 0 Å². The van der Waals surface area contributed by atoms with Crippen molar-refractivity contribution in [3.8, 4) is 12.3 Å². The number of rotatable bonds is 6. The molecule has 0 radical (unpaired) electrons. The normalized spacial score (nSPS) is 10.8. The van der Waals surface area contributed by atoms with Crippen molar-refractivity contribution in [2.24, 2.45) is 0 Å². The molecule has 0 heterocycles. The van der Waals surface area contributed by atoms with Gasteiger partial charge in [-0.2, -0.15) is 0 Å². The van der Waals surface area contributed by atoms with Crippen LogP contribution in [0, 0.1) is 12.3 Å². The lowest BCUT2D eigenvalue weighted by Gasteiger charge is -2.10. The van der Waals surface area contributed by atoms with Crippen LogP contribution in [-0.4, -0.2) is 34.7 Å². The first-order valence-electron chi connectivity index (χ1n) is 3.69. The first kappa shape index (κ1) is 15.2. The van der Waals surface area contributed by atoms with Crippen LogP contribution in [0.4, 0.5) is 0 Å². The number of halogens is 1. The lowest BCUT2D eigenvalue weighted by atomic mass is 10.1. The first-order valence-corrected chi connectivity index (χ1v) is 3.69. The van der Waals surface area contributed by atoms with Crippen molar-refractivity contribution in [2.45, 2.75) is 18.9 Å². The van der Waals surface area contributed by atoms with Gasteiger partial charge in [-0.05, 0) is 6.42 Å². The second-order valence-corrected chi connectivity index (χ2v) is 2.41. The Morgan fingerprint density at radius 3 is 2.36 bits per heavy atom. The Balaban J connectivity index is 0. The average molecular weight is 222 g/mol. The van der Waals surface area contributed by atoms with Gasteiger partial charge in [0.1, 0.15) is 6.04 Å². The highest BCUT2D eigenvalue weighted by atomic mass is 35.5. The summed E-state index contributed by atoms with van der Waals surface area (Å²) in [5.41, 5.74) is 0. The molecule has 0 rings (SSSR count). The number of nitrogens with one attached hydrogen (secondary N) is 1. The Kier molecular flexibility index (Phi) is 9.09. The van der Waals surface area contributed by atoms with Crippen LogP contribution in [0.25, 0.3) is 0 Å². The number of aliphatic carboxylic acids is 2. The van der Waals surface area contributed by atoms with Gasteiger partial charge in [-0.15, -0.1) is 18.8 Å². The van der Waals surface area contributed by atoms with Gasteiger partial charge in [-0.1, -0.05) is 5.92 Å². The largest absolute Gasteiger partial charge is 0.481 e. The third-order valence-electron chi connectivity index (χ3n) is 1.40. The zero-order valence-electron chi connectivity index (χ0n) is 7.40. The molecule has 0 fully saturated rings. The van der Waals surface area contributed by atoms with Gasteiger partial charge in [-0.25, -0.2) is 0 Å². The van der Waals surface area contributed by atoms with Gasteiger partial charge in [0.2, 0.25) is 0 Å². The lowest BCUT2D eigenvalue weighted by Crippen LogP contribution is -2.37. The molecule has 0 aliphatic carbocycles. The highest BCUT2D eigenvalue weighted by molar-refractivity contribution is 5.85. The van der Waals surface area contributed by atoms with Crippen molar-refractivity contribution >= 4 is 24.3 Å². The smallest absolute Gasteiger partial charge is 0.320 e. The zero-order valence-corrected chi connectivity index (χ0v) is 8.21. The lowest BCUT2D eigenvalue weighted by molar-refractivity contribution is -0.140. The van der Waals surface area contributed by atoms with Crippen molar-refractivity contribution in [3.05, 3.63) is 0 Å². The van der Waals surface area contributed by atoms with Gasteiger partial charge in [0, 0.05) is 6.42 Å². The van der Waals surface area contributed by atoms with Gasteiger partial charge < -0.3 is 10.2 Å². The van der Waals surface area contributed by atoms with Crippen LogP contribution >= 0.6 is 12.4 Å². The van der Waals surface area contributed by atoms with Gasteiger partial charge >= 0.3 is 11.9 Å². The van der Waals surface area contributed by atoms with Crippen LogP contribution in [0.2, 0.25) is 0 Å².